The van der Waals surface area contributed by atoms with Crippen LogP contribution in [0.5, 0.6) is 0 Å². The summed E-state index contributed by atoms with van der Waals surface area (Å²) in [5.74, 6) is -2.12. The molecule has 0 N–H and O–H groups in total. The van der Waals surface area contributed by atoms with E-state index in [0.29, 0.717) is 27.8 Å². The number of halogens is 4. The molecule has 0 spiro atoms. The van der Waals surface area contributed by atoms with Crippen LogP contribution >= 0.6 is 15.9 Å². The Morgan fingerprint density at radius 1 is 0.800 bits per heavy atom. The lowest BCUT2D eigenvalue weighted by Gasteiger charge is -2.09. The lowest BCUT2D eigenvalue weighted by Crippen LogP contribution is -1.96. The van der Waals surface area contributed by atoms with Crippen LogP contribution in [-0.4, -0.2) is 6.61 Å². The van der Waals surface area contributed by atoms with Crippen LogP contribution in [0.2, 0.25) is 0 Å². The summed E-state index contributed by atoms with van der Waals surface area (Å²) >= 11 is 3.22. The van der Waals surface area contributed by atoms with Crippen molar-refractivity contribution in [1.29, 1.82) is 0 Å². The van der Waals surface area contributed by atoms with Crippen molar-refractivity contribution >= 4 is 15.9 Å². The molecular formula is C20H12BrF3O. The molecule has 0 bridgehead atoms. The normalized spacial score (nSPS) is 16.1. The Morgan fingerprint density at radius 3 is 2.00 bits per heavy atom. The molecule has 0 aliphatic carbocycles. The minimum absolute atomic E-state index is 0.171. The summed E-state index contributed by atoms with van der Waals surface area (Å²) in [6.07, 6.45) is -0.341. The number of epoxide rings is 1. The van der Waals surface area contributed by atoms with Gasteiger partial charge in [0.2, 0.25) is 0 Å². The Hall–Kier alpha value is -2.11. The van der Waals surface area contributed by atoms with Gasteiger partial charge < -0.3 is 4.74 Å². The fourth-order valence-corrected chi connectivity index (χ4v) is 3.15. The molecule has 0 amide bonds. The van der Waals surface area contributed by atoms with Gasteiger partial charge in [0.1, 0.15) is 11.9 Å². The quantitative estimate of drug-likeness (QED) is 0.468. The van der Waals surface area contributed by atoms with Crippen LogP contribution in [0.1, 0.15) is 11.7 Å². The number of rotatable bonds is 3. The van der Waals surface area contributed by atoms with Crippen LogP contribution in [0.15, 0.2) is 59.1 Å². The fourth-order valence-electron chi connectivity index (χ4n) is 2.82. The molecule has 3 aromatic carbocycles. The van der Waals surface area contributed by atoms with Gasteiger partial charge in [-0.05, 0) is 23.3 Å². The highest BCUT2D eigenvalue weighted by atomic mass is 79.9. The highest BCUT2D eigenvalue weighted by Gasteiger charge is 2.30. The second-order valence-electron chi connectivity index (χ2n) is 5.85. The third-order valence-electron chi connectivity index (χ3n) is 4.23. The molecule has 1 fully saturated rings. The maximum atomic E-state index is 14.4. The van der Waals surface area contributed by atoms with Crippen molar-refractivity contribution in [2.24, 2.45) is 0 Å². The first-order valence-corrected chi connectivity index (χ1v) is 8.49. The predicted molar refractivity (Wildman–Crippen MR) is 93.6 cm³/mol. The number of ether oxygens (including phenoxy) is 1. The smallest absolute Gasteiger partial charge is 0.167 e. The zero-order chi connectivity index (χ0) is 17.6. The molecule has 1 heterocycles. The van der Waals surface area contributed by atoms with E-state index < -0.39 is 11.6 Å². The Bertz CT molecular complexity index is 950. The summed E-state index contributed by atoms with van der Waals surface area (Å²) in [7, 11) is 0. The van der Waals surface area contributed by atoms with E-state index in [1.165, 1.54) is 6.07 Å². The van der Waals surface area contributed by atoms with Gasteiger partial charge in [0.25, 0.3) is 0 Å². The van der Waals surface area contributed by atoms with Crippen LogP contribution in [0, 0.1) is 17.5 Å². The minimum atomic E-state index is -0.893. The van der Waals surface area contributed by atoms with Crippen molar-refractivity contribution in [1.82, 2.24) is 0 Å². The summed E-state index contributed by atoms with van der Waals surface area (Å²) < 4.78 is 48.3. The molecule has 1 saturated heterocycles. The van der Waals surface area contributed by atoms with Gasteiger partial charge >= 0.3 is 0 Å². The standard InChI is InChI=1S/C20H12BrF3O/c21-13-5-6-14(17(22)9-13)11-1-3-12(4-2-11)15-7-8-16(18-10-25-18)20(24)19(15)23/h1-9,18H,10H2. The van der Waals surface area contributed by atoms with Crippen LogP contribution in [0.4, 0.5) is 13.2 Å². The Morgan fingerprint density at radius 2 is 1.40 bits per heavy atom. The van der Waals surface area contributed by atoms with Gasteiger partial charge in [0.05, 0.1) is 6.61 Å². The Labute approximate surface area is 151 Å². The average Bonchev–Trinajstić information content (AvgIpc) is 3.43. The highest BCUT2D eigenvalue weighted by Crippen LogP contribution is 2.36. The van der Waals surface area contributed by atoms with E-state index >= 15 is 0 Å². The van der Waals surface area contributed by atoms with Gasteiger partial charge in [-0.1, -0.05) is 58.4 Å². The lowest BCUT2D eigenvalue weighted by molar-refractivity contribution is 0.401. The second kappa shape index (κ2) is 6.32. The Kier molecular flexibility index (Phi) is 4.13. The van der Waals surface area contributed by atoms with Gasteiger partial charge in [-0.3, -0.25) is 0 Å². The number of benzene rings is 3. The van der Waals surface area contributed by atoms with Crippen molar-refractivity contribution in [2.45, 2.75) is 6.10 Å². The average molecular weight is 405 g/mol. The van der Waals surface area contributed by atoms with Crippen molar-refractivity contribution < 1.29 is 17.9 Å². The van der Waals surface area contributed by atoms with Crippen LogP contribution in [0.3, 0.4) is 0 Å². The van der Waals surface area contributed by atoms with E-state index in [-0.39, 0.29) is 23.0 Å². The van der Waals surface area contributed by atoms with Crippen molar-refractivity contribution in [2.75, 3.05) is 6.61 Å². The molecule has 1 nitrogen and oxygen atoms in total. The topological polar surface area (TPSA) is 12.5 Å². The zero-order valence-corrected chi connectivity index (χ0v) is 14.5. The van der Waals surface area contributed by atoms with Gasteiger partial charge in [0, 0.05) is 21.2 Å². The van der Waals surface area contributed by atoms with Crippen LogP contribution in [-0.2, 0) is 4.74 Å². The SMILES string of the molecule is Fc1cc(Br)ccc1-c1ccc(-c2ccc(C3CO3)c(F)c2F)cc1. The summed E-state index contributed by atoms with van der Waals surface area (Å²) in [6.45, 7) is 0.420. The van der Waals surface area contributed by atoms with Gasteiger partial charge in [-0.15, -0.1) is 0 Å². The first-order valence-electron chi connectivity index (χ1n) is 7.70. The lowest BCUT2D eigenvalue weighted by atomic mass is 9.98. The first kappa shape index (κ1) is 16.4. The first-order chi connectivity index (χ1) is 12.0. The molecule has 3 aromatic rings. The summed E-state index contributed by atoms with van der Waals surface area (Å²) in [5, 5.41) is 0. The van der Waals surface area contributed by atoms with E-state index in [2.05, 4.69) is 15.9 Å². The summed E-state index contributed by atoms with van der Waals surface area (Å²) in [6, 6.07) is 14.6. The fraction of sp³-hybridized carbons (Fsp3) is 0.100. The maximum Gasteiger partial charge on any atom is 0.167 e. The van der Waals surface area contributed by atoms with E-state index in [4.69, 9.17) is 4.74 Å². The number of hydrogen-bond acceptors (Lipinski definition) is 1. The van der Waals surface area contributed by atoms with E-state index in [1.807, 2.05) is 0 Å². The molecule has 1 aliphatic rings. The van der Waals surface area contributed by atoms with Crippen molar-refractivity contribution in [3.63, 3.8) is 0 Å². The Balaban J connectivity index is 1.69. The molecule has 1 unspecified atom stereocenters. The monoisotopic (exact) mass is 404 g/mol. The summed E-state index contributed by atoms with van der Waals surface area (Å²) in [5.41, 5.74) is 2.06. The third-order valence-corrected chi connectivity index (χ3v) is 4.72. The molecule has 5 heteroatoms. The van der Waals surface area contributed by atoms with Crippen molar-refractivity contribution in [3.8, 4) is 22.3 Å². The highest BCUT2D eigenvalue weighted by molar-refractivity contribution is 9.10. The van der Waals surface area contributed by atoms with E-state index in [9.17, 15) is 13.2 Å². The number of hydrogen-bond donors (Lipinski definition) is 0. The van der Waals surface area contributed by atoms with E-state index in [1.54, 1.807) is 48.5 Å². The molecule has 4 rings (SSSR count). The molecule has 126 valence electrons. The molecule has 0 aromatic heterocycles. The molecule has 1 atom stereocenters. The van der Waals surface area contributed by atoms with Gasteiger partial charge in [-0.2, -0.15) is 0 Å². The third kappa shape index (κ3) is 3.10. The van der Waals surface area contributed by atoms with Crippen LogP contribution in [0.25, 0.3) is 22.3 Å². The second-order valence-corrected chi connectivity index (χ2v) is 6.77. The minimum Gasteiger partial charge on any atom is -0.368 e. The molecular weight excluding hydrogens is 393 g/mol. The van der Waals surface area contributed by atoms with E-state index in [0.717, 1.165) is 0 Å². The maximum absolute atomic E-state index is 14.4. The molecule has 1 aliphatic heterocycles. The molecule has 0 saturated carbocycles. The van der Waals surface area contributed by atoms with Crippen molar-refractivity contribution in [3.05, 3.63) is 82.1 Å². The van der Waals surface area contributed by atoms with Crippen LogP contribution < -0.4 is 0 Å². The largest absolute Gasteiger partial charge is 0.368 e. The van der Waals surface area contributed by atoms with Gasteiger partial charge in [0.15, 0.2) is 11.6 Å². The molecule has 25 heavy (non-hydrogen) atoms. The molecule has 0 radical (unpaired) electrons. The predicted octanol–water partition coefficient (Wildman–Crippen LogP) is 6.27. The summed E-state index contributed by atoms with van der Waals surface area (Å²) in [4.78, 5) is 0. The zero-order valence-electron chi connectivity index (χ0n) is 12.9. The van der Waals surface area contributed by atoms with Gasteiger partial charge in [-0.25, -0.2) is 13.2 Å².